The number of nitrogens with one attached hydrogen (secondary N) is 2. The molecular weight excluding hydrogens is 204 g/mol. The van der Waals surface area contributed by atoms with Gasteiger partial charge in [0, 0.05) is 12.2 Å². The highest BCUT2D eigenvalue weighted by atomic mass is 32.1. The predicted molar refractivity (Wildman–Crippen MR) is 70.3 cm³/mol. The van der Waals surface area contributed by atoms with Gasteiger partial charge in [-0.2, -0.15) is 0 Å². The molecule has 0 aromatic heterocycles. The summed E-state index contributed by atoms with van der Waals surface area (Å²) < 4.78 is 0. The Morgan fingerprint density at radius 1 is 1.20 bits per heavy atom. The van der Waals surface area contributed by atoms with Gasteiger partial charge < -0.3 is 10.6 Å². The summed E-state index contributed by atoms with van der Waals surface area (Å²) in [5.41, 5.74) is 2.38. The topological polar surface area (TPSA) is 24.1 Å². The smallest absolute Gasteiger partial charge is 0.170 e. The van der Waals surface area contributed by atoms with Crippen LogP contribution in [0.15, 0.2) is 24.3 Å². The maximum Gasteiger partial charge on any atom is 0.170 e. The van der Waals surface area contributed by atoms with Crippen LogP contribution in [-0.4, -0.2) is 11.7 Å². The Morgan fingerprint density at radius 2 is 1.87 bits per heavy atom. The van der Waals surface area contributed by atoms with Crippen LogP contribution >= 0.6 is 12.2 Å². The molecule has 82 valence electrons. The van der Waals surface area contributed by atoms with Gasteiger partial charge in [0.15, 0.2) is 5.11 Å². The van der Waals surface area contributed by atoms with E-state index in [-0.39, 0.29) is 0 Å². The minimum Gasteiger partial charge on any atom is -0.362 e. The molecule has 3 heteroatoms. The van der Waals surface area contributed by atoms with E-state index in [2.05, 4.69) is 48.7 Å². The van der Waals surface area contributed by atoms with E-state index in [9.17, 15) is 0 Å². The number of anilines is 1. The van der Waals surface area contributed by atoms with Gasteiger partial charge in [0.2, 0.25) is 0 Å². The Morgan fingerprint density at radius 3 is 2.40 bits per heavy atom. The molecule has 0 aliphatic carbocycles. The van der Waals surface area contributed by atoms with Crippen LogP contribution in [-0.2, 0) is 6.42 Å². The largest absolute Gasteiger partial charge is 0.362 e. The van der Waals surface area contributed by atoms with Gasteiger partial charge in [-0.15, -0.1) is 0 Å². The van der Waals surface area contributed by atoms with Crippen LogP contribution in [0, 0.1) is 0 Å². The van der Waals surface area contributed by atoms with Crippen molar-refractivity contribution in [2.75, 3.05) is 11.9 Å². The minimum absolute atomic E-state index is 0.695. The van der Waals surface area contributed by atoms with E-state index in [1.165, 1.54) is 5.56 Å². The molecule has 1 rings (SSSR count). The minimum atomic E-state index is 0.695. The number of hydrogen-bond donors (Lipinski definition) is 2. The van der Waals surface area contributed by atoms with Gasteiger partial charge in [-0.25, -0.2) is 0 Å². The van der Waals surface area contributed by atoms with Crippen LogP contribution in [0.5, 0.6) is 0 Å². The lowest BCUT2D eigenvalue weighted by molar-refractivity contribution is 0.846. The molecule has 0 unspecified atom stereocenters. The first-order valence-corrected chi connectivity index (χ1v) is 5.81. The van der Waals surface area contributed by atoms with Crippen LogP contribution in [0.2, 0.25) is 0 Å². The first-order chi connectivity index (χ1) is 7.26. The molecule has 0 atom stereocenters. The number of aryl methyl sites for hydroxylation is 1. The molecule has 0 saturated carbocycles. The number of rotatable bonds is 4. The Hall–Kier alpha value is -1.09. The average Bonchev–Trinajstić information content (AvgIpc) is 2.27. The van der Waals surface area contributed by atoms with Crippen LogP contribution in [0.4, 0.5) is 5.69 Å². The van der Waals surface area contributed by atoms with Crippen molar-refractivity contribution in [3.05, 3.63) is 29.8 Å². The summed E-state index contributed by atoms with van der Waals surface area (Å²) in [4.78, 5) is 0. The summed E-state index contributed by atoms with van der Waals surface area (Å²) in [5.74, 6) is 0. The molecule has 15 heavy (non-hydrogen) atoms. The molecule has 0 amide bonds. The molecular formula is C12H18N2S. The van der Waals surface area contributed by atoms with Crippen molar-refractivity contribution in [2.24, 2.45) is 0 Å². The standard InChI is InChI=1S/C12H18N2S/c1-3-9-13-12(15)14-11-7-5-10(4-2)6-8-11/h5-8H,3-4,9H2,1-2H3,(H2,13,14,15). The van der Waals surface area contributed by atoms with E-state index < -0.39 is 0 Å². The Labute approximate surface area is 97.1 Å². The van der Waals surface area contributed by atoms with Gasteiger partial charge in [-0.3, -0.25) is 0 Å². The third-order valence-electron chi connectivity index (χ3n) is 2.16. The zero-order valence-electron chi connectivity index (χ0n) is 9.34. The average molecular weight is 222 g/mol. The Kier molecular flexibility index (Phi) is 5.12. The zero-order chi connectivity index (χ0) is 11.1. The fourth-order valence-corrected chi connectivity index (χ4v) is 1.46. The van der Waals surface area contributed by atoms with Crippen LogP contribution in [0.3, 0.4) is 0 Å². The molecule has 0 aliphatic heterocycles. The SMILES string of the molecule is CCCNC(=S)Nc1ccc(CC)cc1. The lowest BCUT2D eigenvalue weighted by atomic mass is 10.1. The number of thiocarbonyl (C=S) groups is 1. The monoisotopic (exact) mass is 222 g/mol. The fourth-order valence-electron chi connectivity index (χ4n) is 1.24. The molecule has 1 aromatic rings. The molecule has 0 spiro atoms. The molecule has 0 fully saturated rings. The first-order valence-electron chi connectivity index (χ1n) is 5.40. The van der Waals surface area contributed by atoms with E-state index >= 15 is 0 Å². The van der Waals surface area contributed by atoms with E-state index in [1.54, 1.807) is 0 Å². The normalized spacial score (nSPS) is 9.73. The van der Waals surface area contributed by atoms with Gasteiger partial charge in [-0.05, 0) is 42.8 Å². The summed E-state index contributed by atoms with van der Waals surface area (Å²) in [7, 11) is 0. The van der Waals surface area contributed by atoms with Crippen LogP contribution in [0.1, 0.15) is 25.8 Å². The maximum atomic E-state index is 5.14. The highest BCUT2D eigenvalue weighted by molar-refractivity contribution is 7.80. The molecule has 1 aromatic carbocycles. The Bertz CT molecular complexity index is 306. The molecule has 0 heterocycles. The number of benzene rings is 1. The summed E-state index contributed by atoms with van der Waals surface area (Å²) >= 11 is 5.14. The van der Waals surface area contributed by atoms with Crippen molar-refractivity contribution in [3.8, 4) is 0 Å². The maximum absolute atomic E-state index is 5.14. The summed E-state index contributed by atoms with van der Waals surface area (Å²) in [5, 5.41) is 6.97. The van der Waals surface area contributed by atoms with Gasteiger partial charge in [-0.1, -0.05) is 26.0 Å². The van der Waals surface area contributed by atoms with Gasteiger partial charge in [0.1, 0.15) is 0 Å². The summed E-state index contributed by atoms with van der Waals surface area (Å²) in [6.45, 7) is 5.18. The molecule has 0 radical (unpaired) electrons. The second-order valence-electron chi connectivity index (χ2n) is 3.43. The highest BCUT2D eigenvalue weighted by Crippen LogP contribution is 2.09. The second-order valence-corrected chi connectivity index (χ2v) is 3.84. The lowest BCUT2D eigenvalue weighted by Gasteiger charge is -2.09. The van der Waals surface area contributed by atoms with Gasteiger partial charge in [0.25, 0.3) is 0 Å². The Balaban J connectivity index is 2.46. The van der Waals surface area contributed by atoms with Crippen molar-refractivity contribution in [1.82, 2.24) is 5.32 Å². The summed E-state index contributed by atoms with van der Waals surface area (Å²) in [6.07, 6.45) is 2.15. The zero-order valence-corrected chi connectivity index (χ0v) is 10.2. The molecule has 0 bridgehead atoms. The highest BCUT2D eigenvalue weighted by Gasteiger charge is 1.96. The quantitative estimate of drug-likeness (QED) is 0.766. The number of hydrogen-bond acceptors (Lipinski definition) is 1. The molecule has 0 aliphatic rings. The first kappa shape index (κ1) is 12.0. The van der Waals surface area contributed by atoms with E-state index in [0.29, 0.717) is 5.11 Å². The van der Waals surface area contributed by atoms with Crippen molar-refractivity contribution in [1.29, 1.82) is 0 Å². The molecule has 2 nitrogen and oxygen atoms in total. The molecule has 2 N–H and O–H groups in total. The van der Waals surface area contributed by atoms with E-state index in [4.69, 9.17) is 12.2 Å². The van der Waals surface area contributed by atoms with Crippen molar-refractivity contribution < 1.29 is 0 Å². The third kappa shape index (κ3) is 4.30. The fraction of sp³-hybridized carbons (Fsp3) is 0.417. The van der Waals surface area contributed by atoms with Crippen molar-refractivity contribution in [2.45, 2.75) is 26.7 Å². The van der Waals surface area contributed by atoms with Gasteiger partial charge >= 0.3 is 0 Å². The van der Waals surface area contributed by atoms with E-state index in [0.717, 1.165) is 25.1 Å². The van der Waals surface area contributed by atoms with Crippen LogP contribution < -0.4 is 10.6 Å². The second kappa shape index (κ2) is 6.40. The van der Waals surface area contributed by atoms with Crippen molar-refractivity contribution >= 4 is 23.0 Å². The lowest BCUT2D eigenvalue weighted by Crippen LogP contribution is -2.28. The van der Waals surface area contributed by atoms with Crippen molar-refractivity contribution in [3.63, 3.8) is 0 Å². The van der Waals surface area contributed by atoms with Gasteiger partial charge in [0.05, 0.1) is 0 Å². The molecule has 0 saturated heterocycles. The predicted octanol–water partition coefficient (Wildman–Crippen LogP) is 2.95. The van der Waals surface area contributed by atoms with E-state index in [1.807, 2.05) is 0 Å². The van der Waals surface area contributed by atoms with Crippen LogP contribution in [0.25, 0.3) is 0 Å². The summed E-state index contributed by atoms with van der Waals surface area (Å²) in [6, 6.07) is 8.34. The third-order valence-corrected chi connectivity index (χ3v) is 2.40.